The van der Waals surface area contributed by atoms with Crippen molar-refractivity contribution in [1.82, 2.24) is 14.8 Å². The number of nitrogens with zero attached hydrogens (tertiary/aromatic N) is 3. The van der Waals surface area contributed by atoms with Crippen molar-refractivity contribution in [3.05, 3.63) is 30.1 Å². The molecule has 0 saturated heterocycles. The molecule has 1 aliphatic heterocycles. The van der Waals surface area contributed by atoms with E-state index in [1.54, 1.807) is 6.20 Å². The van der Waals surface area contributed by atoms with Gasteiger partial charge in [0, 0.05) is 23.2 Å². The number of pyridine rings is 1. The Labute approximate surface area is 128 Å². The molecular formula is C16H20N4O. The minimum absolute atomic E-state index is 0.127. The monoisotopic (exact) mass is 287 g/mol. The molecule has 1 N–H and O–H groups in total. The summed E-state index contributed by atoms with van der Waals surface area (Å²) in [6.45, 7) is -0.564. The van der Waals surface area contributed by atoms with E-state index in [9.17, 15) is 4.79 Å². The number of aromatic nitrogens is 3. The fourth-order valence-corrected chi connectivity index (χ4v) is 2.61. The number of rotatable bonds is 0. The molecule has 0 fully saturated rings. The van der Waals surface area contributed by atoms with Crippen molar-refractivity contribution in [2.45, 2.75) is 32.6 Å². The van der Waals surface area contributed by atoms with Crippen LogP contribution in [0.2, 0.25) is 0 Å². The highest BCUT2D eigenvalue weighted by atomic mass is 16.1. The van der Waals surface area contributed by atoms with E-state index in [4.69, 9.17) is 4.11 Å². The van der Waals surface area contributed by atoms with Crippen molar-refractivity contribution >= 4 is 11.6 Å². The van der Waals surface area contributed by atoms with E-state index >= 15 is 0 Å². The molecule has 1 aliphatic rings. The third-order valence-electron chi connectivity index (χ3n) is 3.89. The topological polar surface area (TPSA) is 59.8 Å². The van der Waals surface area contributed by atoms with Crippen LogP contribution in [0.15, 0.2) is 24.5 Å². The van der Waals surface area contributed by atoms with Gasteiger partial charge in [-0.15, -0.1) is 0 Å². The van der Waals surface area contributed by atoms with Gasteiger partial charge in [0.2, 0.25) is 5.91 Å². The molecule has 1 amide bonds. The Morgan fingerprint density at radius 2 is 2.38 bits per heavy atom. The lowest BCUT2D eigenvalue weighted by Crippen LogP contribution is -2.21. The van der Waals surface area contributed by atoms with Gasteiger partial charge in [-0.25, -0.2) is 0 Å². The van der Waals surface area contributed by atoms with Crippen LogP contribution in [0.3, 0.4) is 0 Å². The first-order chi connectivity index (χ1) is 11.4. The van der Waals surface area contributed by atoms with E-state index in [0.717, 1.165) is 35.9 Å². The second kappa shape index (κ2) is 5.68. The van der Waals surface area contributed by atoms with Gasteiger partial charge in [-0.1, -0.05) is 13.3 Å². The lowest BCUT2D eigenvalue weighted by Gasteiger charge is -2.14. The number of hydrogen-bond donors (Lipinski definition) is 1. The maximum Gasteiger partial charge on any atom is 0.227 e. The number of anilines is 1. The molecule has 21 heavy (non-hydrogen) atoms. The van der Waals surface area contributed by atoms with E-state index < -0.39 is 6.98 Å². The molecule has 3 rings (SSSR count). The van der Waals surface area contributed by atoms with Gasteiger partial charge in [-0.3, -0.25) is 14.5 Å². The predicted molar refractivity (Wildman–Crippen MR) is 81.8 cm³/mol. The van der Waals surface area contributed by atoms with Gasteiger partial charge in [-0.05, 0) is 37.0 Å². The Hall–Kier alpha value is -2.17. The molecule has 5 heteroatoms. The summed E-state index contributed by atoms with van der Waals surface area (Å²) >= 11 is 0. The van der Waals surface area contributed by atoms with Crippen LogP contribution in [-0.4, -0.2) is 20.7 Å². The molecule has 2 bridgehead atoms. The van der Waals surface area contributed by atoms with Gasteiger partial charge >= 0.3 is 0 Å². The summed E-state index contributed by atoms with van der Waals surface area (Å²) in [7, 11) is 0. The zero-order chi connectivity index (χ0) is 17.3. The number of hydrogen-bond acceptors (Lipinski definition) is 3. The smallest absolute Gasteiger partial charge is 0.227 e. The maximum atomic E-state index is 12.4. The average Bonchev–Trinajstić information content (AvgIpc) is 2.94. The van der Waals surface area contributed by atoms with Crippen molar-refractivity contribution in [3.63, 3.8) is 0 Å². The summed E-state index contributed by atoms with van der Waals surface area (Å²) in [5, 5.41) is 6.79. The van der Waals surface area contributed by atoms with Crippen LogP contribution < -0.4 is 5.32 Å². The van der Waals surface area contributed by atoms with Crippen LogP contribution in [-0.2, 0) is 18.2 Å². The average molecular weight is 287 g/mol. The van der Waals surface area contributed by atoms with Crippen LogP contribution in [0.1, 0.15) is 35.9 Å². The first-order valence-corrected chi connectivity index (χ1v) is 7.21. The molecule has 1 unspecified atom stereocenters. The summed E-state index contributed by atoms with van der Waals surface area (Å²) in [5.74, 6) is -0.266. The van der Waals surface area contributed by atoms with Crippen molar-refractivity contribution in [1.29, 1.82) is 0 Å². The predicted octanol–water partition coefficient (Wildman–Crippen LogP) is 2.78. The number of amides is 1. The van der Waals surface area contributed by atoms with Crippen molar-refractivity contribution in [2.24, 2.45) is 12.9 Å². The Bertz CT molecular complexity index is 754. The molecule has 0 aromatic carbocycles. The van der Waals surface area contributed by atoms with Gasteiger partial charge in [0.1, 0.15) is 5.69 Å². The van der Waals surface area contributed by atoms with E-state index in [0.29, 0.717) is 17.1 Å². The SMILES string of the molecule is [2H]C([2H])([2H])n1ncc2c1-c1cc(ccn1)CCCCC(C)C(=O)N2. The zero-order valence-electron chi connectivity index (χ0n) is 15.0. The highest BCUT2D eigenvalue weighted by Crippen LogP contribution is 2.28. The van der Waals surface area contributed by atoms with E-state index in [2.05, 4.69) is 15.4 Å². The minimum Gasteiger partial charge on any atom is -0.323 e. The third kappa shape index (κ3) is 2.82. The molecule has 3 heterocycles. The van der Waals surface area contributed by atoms with E-state index in [1.165, 1.54) is 6.20 Å². The zero-order valence-corrected chi connectivity index (χ0v) is 12.0. The number of nitrogens with one attached hydrogen (secondary N) is 1. The van der Waals surface area contributed by atoms with Crippen molar-refractivity contribution in [2.75, 3.05) is 5.32 Å². The molecule has 0 saturated carbocycles. The van der Waals surface area contributed by atoms with Gasteiger partial charge in [0.15, 0.2) is 0 Å². The maximum absolute atomic E-state index is 12.4. The van der Waals surface area contributed by atoms with Crippen LogP contribution in [0.25, 0.3) is 11.4 Å². The molecule has 2 aromatic rings. The minimum atomic E-state index is -2.45. The number of aryl methyl sites for hydroxylation is 2. The second-order valence-corrected chi connectivity index (χ2v) is 5.50. The van der Waals surface area contributed by atoms with E-state index in [1.807, 2.05) is 19.1 Å². The lowest BCUT2D eigenvalue weighted by molar-refractivity contribution is -0.119. The molecule has 2 aromatic heterocycles. The molecule has 0 aliphatic carbocycles. The van der Waals surface area contributed by atoms with Gasteiger partial charge < -0.3 is 5.32 Å². The highest BCUT2D eigenvalue weighted by Gasteiger charge is 2.19. The van der Waals surface area contributed by atoms with Gasteiger partial charge in [-0.2, -0.15) is 5.10 Å². The fourth-order valence-electron chi connectivity index (χ4n) is 2.61. The first-order valence-electron chi connectivity index (χ1n) is 8.71. The summed E-state index contributed by atoms with van der Waals surface area (Å²) in [6, 6.07) is 3.81. The summed E-state index contributed by atoms with van der Waals surface area (Å²) < 4.78 is 24.0. The molecular weight excluding hydrogens is 264 g/mol. The van der Waals surface area contributed by atoms with Crippen LogP contribution in [0, 0.1) is 5.92 Å². The number of carbonyl (C=O) groups excluding carboxylic acids is 1. The molecule has 0 spiro atoms. The molecule has 110 valence electrons. The molecule has 0 radical (unpaired) electrons. The standard InChI is InChI=1S/C16H20N4O/c1-11-5-3-4-6-12-7-8-17-13(9-12)15-14(19-16(11)21)10-18-20(15)2/h7-11H,3-6H2,1-2H3,(H,19,21)/i2D3. The van der Waals surface area contributed by atoms with Crippen molar-refractivity contribution in [3.8, 4) is 11.4 Å². The second-order valence-electron chi connectivity index (χ2n) is 5.50. The Kier molecular flexibility index (Phi) is 2.85. The lowest BCUT2D eigenvalue weighted by atomic mass is 9.99. The first kappa shape index (κ1) is 10.5. The number of carbonyl (C=O) groups is 1. The van der Waals surface area contributed by atoms with Crippen LogP contribution in [0.5, 0.6) is 0 Å². The Balaban J connectivity index is 2.15. The summed E-state index contributed by atoms with van der Waals surface area (Å²) in [6.07, 6.45) is 6.67. The Morgan fingerprint density at radius 1 is 1.48 bits per heavy atom. The fraction of sp³-hybridized carbons (Fsp3) is 0.438. The van der Waals surface area contributed by atoms with E-state index in [-0.39, 0.29) is 11.8 Å². The quantitative estimate of drug-likeness (QED) is 0.810. The summed E-state index contributed by atoms with van der Waals surface area (Å²) in [5.41, 5.74) is 2.31. The largest absolute Gasteiger partial charge is 0.323 e. The van der Waals surface area contributed by atoms with Crippen LogP contribution >= 0.6 is 0 Å². The normalized spacial score (nSPS) is 21.9. The Morgan fingerprint density at radius 3 is 3.24 bits per heavy atom. The molecule has 1 atom stereocenters. The van der Waals surface area contributed by atoms with Gasteiger partial charge in [0.05, 0.1) is 17.6 Å². The molecule has 5 nitrogen and oxygen atoms in total. The highest BCUT2D eigenvalue weighted by molar-refractivity contribution is 5.95. The summed E-state index contributed by atoms with van der Waals surface area (Å²) in [4.78, 5) is 16.7. The van der Waals surface area contributed by atoms with Crippen molar-refractivity contribution < 1.29 is 8.91 Å². The number of fused-ring (bicyclic) bond motifs is 4. The van der Waals surface area contributed by atoms with Crippen LogP contribution in [0.4, 0.5) is 5.69 Å². The third-order valence-corrected chi connectivity index (χ3v) is 3.89. The van der Waals surface area contributed by atoms with Gasteiger partial charge in [0.25, 0.3) is 0 Å².